The molecule has 2 aliphatic heterocycles. The van der Waals surface area contributed by atoms with E-state index in [1.807, 2.05) is 26.0 Å². The van der Waals surface area contributed by atoms with Crippen LogP contribution in [-0.4, -0.2) is 91.4 Å². The zero-order valence-electron chi connectivity index (χ0n) is 31.0. The molecule has 0 aromatic carbocycles. The molecule has 2 fully saturated rings. The first-order valence-electron chi connectivity index (χ1n) is 18.8. The lowest BCUT2D eigenvalue weighted by Crippen LogP contribution is -2.59. The molecule has 2 heterocycles. The van der Waals surface area contributed by atoms with Crippen LogP contribution in [0.4, 0.5) is 0 Å². The number of ether oxygens (including phenoxy) is 3. The first-order valence-corrected chi connectivity index (χ1v) is 18.8. The van der Waals surface area contributed by atoms with Gasteiger partial charge in [0.15, 0.2) is 5.78 Å². The van der Waals surface area contributed by atoms with E-state index >= 15 is 0 Å². The fourth-order valence-electron chi connectivity index (χ4n) is 7.24. The van der Waals surface area contributed by atoms with E-state index < -0.39 is 54.1 Å². The minimum atomic E-state index is -1.44. The molecule has 3 rings (SSSR count). The summed E-state index contributed by atoms with van der Waals surface area (Å²) in [5.74, 6) is -2.42. The number of fused-ring (bicyclic) bond motifs is 2. The van der Waals surface area contributed by atoms with Crippen molar-refractivity contribution in [1.82, 2.24) is 0 Å². The highest BCUT2D eigenvalue weighted by Crippen LogP contribution is 2.44. The lowest BCUT2D eigenvalue weighted by molar-refractivity contribution is -0.466. The van der Waals surface area contributed by atoms with Gasteiger partial charge in [0.1, 0.15) is 5.78 Å². The summed E-state index contributed by atoms with van der Waals surface area (Å²) in [4.78, 5) is 27.3. The van der Waals surface area contributed by atoms with Crippen LogP contribution in [0.1, 0.15) is 126 Å². The number of rotatable bonds is 5. The minimum absolute atomic E-state index is 0.0273. The van der Waals surface area contributed by atoms with Crippen molar-refractivity contribution in [2.24, 2.45) is 29.6 Å². The van der Waals surface area contributed by atoms with Gasteiger partial charge in [0.2, 0.25) is 0 Å². The molecule has 0 aromatic rings. The summed E-state index contributed by atoms with van der Waals surface area (Å²) < 4.78 is 19.7. The maximum atomic E-state index is 14.0. The van der Waals surface area contributed by atoms with Gasteiger partial charge in [-0.3, -0.25) is 9.59 Å². The minimum Gasteiger partial charge on any atom is -0.393 e. The van der Waals surface area contributed by atoms with E-state index in [1.54, 1.807) is 19.9 Å². The lowest BCUT2D eigenvalue weighted by atomic mass is 9.83. The second kappa shape index (κ2) is 18.8. The average molecular weight is 695 g/mol. The molecular formula is C39H66O10. The Kier molecular flexibility index (Phi) is 16.1. The van der Waals surface area contributed by atoms with Crippen LogP contribution in [-0.2, 0) is 23.8 Å². The summed E-state index contributed by atoms with van der Waals surface area (Å²) in [6.45, 7) is 13.3. The van der Waals surface area contributed by atoms with Gasteiger partial charge in [0, 0.05) is 43.4 Å². The second-order valence-electron chi connectivity index (χ2n) is 16.0. The highest BCUT2D eigenvalue weighted by Gasteiger charge is 2.52. The molecule has 0 amide bonds. The lowest BCUT2D eigenvalue weighted by Gasteiger charge is -2.51. The third kappa shape index (κ3) is 12.3. The number of aliphatic hydroxyl groups excluding tert-OH is 4. The Morgan fingerprint density at radius 2 is 1.59 bits per heavy atom. The molecule has 2 bridgehead atoms. The summed E-state index contributed by atoms with van der Waals surface area (Å²) in [6, 6.07) is 0. The maximum Gasteiger partial charge on any atom is 0.283 e. The van der Waals surface area contributed by atoms with Crippen molar-refractivity contribution in [3.63, 3.8) is 0 Å². The van der Waals surface area contributed by atoms with E-state index in [-0.39, 0.29) is 67.0 Å². The van der Waals surface area contributed by atoms with Crippen LogP contribution in [0, 0.1) is 29.6 Å². The Balaban J connectivity index is 1.93. The van der Waals surface area contributed by atoms with E-state index in [1.165, 1.54) is 6.08 Å². The number of ketones is 2. The van der Waals surface area contributed by atoms with Crippen molar-refractivity contribution in [3.05, 3.63) is 24.3 Å². The van der Waals surface area contributed by atoms with Gasteiger partial charge in [-0.2, -0.15) is 0 Å². The Bertz CT molecular complexity index is 1100. The topological polar surface area (TPSA) is 163 Å². The van der Waals surface area contributed by atoms with Crippen molar-refractivity contribution in [2.45, 2.75) is 180 Å². The molecular weight excluding hydrogens is 628 g/mol. The molecule has 0 aromatic heterocycles. The maximum absolute atomic E-state index is 14.0. The third-order valence-electron chi connectivity index (χ3n) is 11.1. The summed E-state index contributed by atoms with van der Waals surface area (Å²) in [6.07, 6.45) is 6.19. The quantitative estimate of drug-likeness (QED) is 0.243. The average Bonchev–Trinajstić information content (AvgIpc) is 3.03. The van der Waals surface area contributed by atoms with Gasteiger partial charge in [-0.25, -0.2) is 0 Å². The van der Waals surface area contributed by atoms with Gasteiger partial charge in [-0.15, -0.1) is 0 Å². The van der Waals surface area contributed by atoms with Crippen molar-refractivity contribution in [1.29, 1.82) is 0 Å². The molecule has 10 nitrogen and oxygen atoms in total. The zero-order valence-corrected chi connectivity index (χ0v) is 31.0. The largest absolute Gasteiger partial charge is 0.393 e. The fourth-order valence-corrected chi connectivity index (χ4v) is 7.24. The molecule has 282 valence electrons. The van der Waals surface area contributed by atoms with E-state index in [0.29, 0.717) is 44.9 Å². The van der Waals surface area contributed by atoms with Crippen LogP contribution >= 0.6 is 0 Å². The van der Waals surface area contributed by atoms with E-state index in [2.05, 4.69) is 20.8 Å². The number of hydrogen-bond donors (Lipinski definition) is 5. The number of aliphatic hydroxyl groups is 5. The van der Waals surface area contributed by atoms with Crippen LogP contribution in [0.15, 0.2) is 24.3 Å². The molecule has 0 radical (unpaired) electrons. The van der Waals surface area contributed by atoms with Crippen LogP contribution in [0.25, 0.3) is 0 Å². The smallest absolute Gasteiger partial charge is 0.283 e. The van der Waals surface area contributed by atoms with Gasteiger partial charge in [-0.1, -0.05) is 59.8 Å². The summed E-state index contributed by atoms with van der Waals surface area (Å²) in [7, 11) is 0. The molecule has 2 saturated heterocycles. The molecule has 0 saturated carbocycles. The van der Waals surface area contributed by atoms with E-state index in [4.69, 9.17) is 14.2 Å². The van der Waals surface area contributed by atoms with Crippen molar-refractivity contribution in [3.8, 4) is 0 Å². The molecule has 1 unspecified atom stereocenters. The SMILES string of the molecule is CC[C@@H](O)C[C@@H]1O[C@]2(CC[C@@H]1C)O[C@H]1CC(=O)/C=C/C[C@@H](O)[C@H](C)[C@@H](O)CC(O)[C@](C)(O)CCC/C=C/[C@H](CC(C)C)C(=O)C[C@@H](O2)[C@H]1C. The van der Waals surface area contributed by atoms with Crippen LogP contribution in [0.5, 0.6) is 0 Å². The molecule has 5 N–H and O–H groups in total. The van der Waals surface area contributed by atoms with Crippen LogP contribution in [0.3, 0.4) is 0 Å². The molecule has 1 spiro atoms. The highest BCUT2D eigenvalue weighted by atomic mass is 16.9. The predicted octanol–water partition coefficient (Wildman–Crippen LogP) is 5.16. The Morgan fingerprint density at radius 1 is 0.918 bits per heavy atom. The van der Waals surface area contributed by atoms with Crippen molar-refractivity contribution >= 4 is 11.6 Å². The third-order valence-corrected chi connectivity index (χ3v) is 11.1. The fraction of sp³-hybridized carbons (Fsp3) is 0.846. The van der Waals surface area contributed by atoms with Crippen LogP contribution < -0.4 is 0 Å². The Morgan fingerprint density at radius 3 is 2.24 bits per heavy atom. The predicted molar refractivity (Wildman–Crippen MR) is 187 cm³/mol. The van der Waals surface area contributed by atoms with Gasteiger partial charge in [-0.05, 0) is 76.2 Å². The van der Waals surface area contributed by atoms with Gasteiger partial charge in [0.05, 0.1) is 48.3 Å². The molecule has 10 heteroatoms. The molecule has 1 aliphatic carbocycles. The summed E-state index contributed by atoms with van der Waals surface area (Å²) in [5.41, 5.74) is -1.44. The summed E-state index contributed by atoms with van der Waals surface area (Å²) in [5, 5.41) is 53.7. The van der Waals surface area contributed by atoms with Crippen molar-refractivity contribution in [2.75, 3.05) is 0 Å². The van der Waals surface area contributed by atoms with Crippen molar-refractivity contribution < 1.29 is 49.3 Å². The summed E-state index contributed by atoms with van der Waals surface area (Å²) >= 11 is 0. The van der Waals surface area contributed by atoms with Gasteiger partial charge >= 0.3 is 0 Å². The first kappa shape index (κ1) is 41.9. The molecule has 13 atom stereocenters. The number of allylic oxidation sites excluding steroid dienone is 3. The zero-order chi connectivity index (χ0) is 36.5. The Labute approximate surface area is 294 Å². The Hall–Kier alpha value is -1.50. The molecule has 3 aliphatic rings. The normalized spacial score (nSPS) is 43.0. The van der Waals surface area contributed by atoms with E-state index in [0.717, 1.165) is 6.42 Å². The van der Waals surface area contributed by atoms with Gasteiger partial charge in [0.25, 0.3) is 5.97 Å². The second-order valence-corrected chi connectivity index (χ2v) is 16.0. The standard InChI is InChI=1S/C39H66O10/c1-8-29(40)20-34-25(4)16-18-39(47-34)48-35-21-30(41)14-12-15-31(42)26(5)32(43)23-37(45)38(7,46)17-11-9-10-13-28(19-24(2)3)33(44)22-36(49-39)27(35)6/h10,12-14,24-29,31-32,34-37,40,42-43,45-46H,8-9,11,15-23H2,1-7H3/b13-10+,14-12+/t25-,26-,27-,28+,29+,31+,32-,34-,35-,36+,37?,38+,39+/m0/s1. The van der Waals surface area contributed by atoms with Gasteiger partial charge < -0.3 is 39.7 Å². The number of carbonyl (C=O) groups is 2. The highest BCUT2D eigenvalue weighted by molar-refractivity contribution is 5.90. The van der Waals surface area contributed by atoms with Crippen LogP contribution in [0.2, 0.25) is 0 Å². The first-order chi connectivity index (χ1) is 23.0. The molecule has 49 heavy (non-hydrogen) atoms. The number of hydrogen-bond acceptors (Lipinski definition) is 10. The number of Topliss-reactive ketones (excluding diaryl/α,β-unsaturated/α-hetero) is 1. The number of carbonyl (C=O) groups excluding carboxylic acids is 2. The van der Waals surface area contributed by atoms with E-state index in [9.17, 15) is 35.1 Å². The monoisotopic (exact) mass is 694 g/mol.